The number of hydrogen-bond donors (Lipinski definition) is 0. The summed E-state index contributed by atoms with van der Waals surface area (Å²) in [6.45, 7) is 0. The Hall–Kier alpha value is -3.28. The molecule has 0 saturated heterocycles. The van der Waals surface area contributed by atoms with E-state index >= 15 is 0 Å². The first-order valence-corrected chi connectivity index (χ1v) is 13.5. The molecule has 2 heterocycles. The number of hydrogen-bond acceptors (Lipinski definition) is 6. The number of carbonyl (C=O) groups is 1. The van der Waals surface area contributed by atoms with Crippen molar-refractivity contribution in [3.8, 4) is 5.75 Å². The third kappa shape index (κ3) is 7.56. The zero-order valence-corrected chi connectivity index (χ0v) is 25.9. The molecular formula is C31H20Cl2CuINO6. The van der Waals surface area contributed by atoms with Crippen molar-refractivity contribution in [3.63, 3.8) is 0 Å². The zero-order chi connectivity index (χ0) is 27.5. The minimum Gasteiger partial charge on any atom is -0.870 e. The van der Waals surface area contributed by atoms with Crippen molar-refractivity contribution in [2.45, 2.75) is 0 Å². The van der Waals surface area contributed by atoms with Crippen LogP contribution >= 0.6 is 45.8 Å². The minimum absolute atomic E-state index is 0. The molecule has 4 aromatic carbocycles. The van der Waals surface area contributed by atoms with Gasteiger partial charge >= 0.3 is 22.7 Å². The van der Waals surface area contributed by atoms with Crippen LogP contribution in [0, 0.1) is 3.57 Å². The van der Waals surface area contributed by atoms with Gasteiger partial charge in [-0.25, -0.2) is 4.79 Å². The first kappa shape index (κ1) is 34.9. The molecule has 0 saturated carbocycles. The van der Waals surface area contributed by atoms with Gasteiger partial charge in [-0.05, 0) is 87.5 Å². The summed E-state index contributed by atoms with van der Waals surface area (Å²) in [6.07, 6.45) is 4.61. The van der Waals surface area contributed by atoms with Gasteiger partial charge in [-0.3, -0.25) is 9.78 Å². The molecule has 2 aromatic heterocycles. The van der Waals surface area contributed by atoms with Gasteiger partial charge in [0, 0.05) is 25.6 Å². The van der Waals surface area contributed by atoms with Crippen LogP contribution in [0.1, 0.15) is 15.9 Å². The van der Waals surface area contributed by atoms with Gasteiger partial charge in [0.2, 0.25) is 0 Å². The van der Waals surface area contributed by atoms with Crippen LogP contribution in [0.2, 0.25) is 10.0 Å². The second kappa shape index (κ2) is 15.3. The predicted octanol–water partition coefficient (Wildman–Crippen LogP) is 7.06. The normalized spacial score (nSPS) is 10.4. The summed E-state index contributed by atoms with van der Waals surface area (Å²) in [6, 6.07) is 25.3. The molecule has 3 N–H and O–H groups in total. The molecule has 6 rings (SSSR count). The Labute approximate surface area is 274 Å². The number of nitrogens with zero attached hydrogens (tertiary/aromatic N) is 1. The van der Waals surface area contributed by atoms with Crippen molar-refractivity contribution in [1.82, 2.24) is 4.98 Å². The monoisotopic (exact) mass is 762 g/mol. The standard InChI is InChI=1S/C22H13ClO3.C9H5ClINO.Cu.2H2O/c23-16-9-5-14(6-10-16)7-11-20(24)19-13-18-17-4-2-1-3-15(17)8-12-21(18)26-22(19)25;10-6-4-7(11)9(13)8-5(6)2-1-3-12-8;;;/h1-13H;1-4,13H;;2*1H2/q;;+2;;/p-2/b11-7+;;;;. The Balaban J connectivity index is 0.000000329. The molecule has 0 atom stereocenters. The Bertz CT molecular complexity index is 1960. The van der Waals surface area contributed by atoms with E-state index in [1.54, 1.807) is 66.9 Å². The van der Waals surface area contributed by atoms with E-state index in [2.05, 4.69) is 4.98 Å². The molecule has 0 aliphatic heterocycles. The van der Waals surface area contributed by atoms with Crippen molar-refractivity contribution in [1.29, 1.82) is 0 Å². The molecule has 42 heavy (non-hydrogen) atoms. The van der Waals surface area contributed by atoms with E-state index in [0.29, 0.717) is 24.7 Å². The fourth-order valence-electron chi connectivity index (χ4n) is 4.03. The van der Waals surface area contributed by atoms with E-state index in [1.165, 1.54) is 6.08 Å². The van der Waals surface area contributed by atoms with Crippen LogP contribution < -0.4 is 10.7 Å². The molecule has 0 aliphatic carbocycles. The van der Waals surface area contributed by atoms with Crippen LogP contribution in [0.15, 0.2) is 106 Å². The van der Waals surface area contributed by atoms with Gasteiger partial charge in [0.05, 0.1) is 10.5 Å². The molecular weight excluding hydrogens is 744 g/mol. The number of pyridine rings is 1. The van der Waals surface area contributed by atoms with E-state index in [1.807, 2.05) is 52.9 Å². The summed E-state index contributed by atoms with van der Waals surface area (Å²) in [5.74, 6) is -0.455. The molecule has 7 nitrogen and oxygen atoms in total. The van der Waals surface area contributed by atoms with Crippen molar-refractivity contribution < 1.29 is 42.3 Å². The largest absolute Gasteiger partial charge is 2.00 e. The molecule has 11 heteroatoms. The van der Waals surface area contributed by atoms with Crippen LogP contribution in [0.25, 0.3) is 38.7 Å². The summed E-state index contributed by atoms with van der Waals surface area (Å²) in [4.78, 5) is 28.7. The first-order chi connectivity index (χ1) is 18.8. The van der Waals surface area contributed by atoms with Gasteiger partial charge in [0.15, 0.2) is 5.78 Å². The third-order valence-electron chi connectivity index (χ3n) is 5.96. The molecule has 0 aliphatic rings. The number of fused-ring (bicyclic) bond motifs is 4. The number of carbonyl (C=O) groups excluding carboxylic acids is 1. The summed E-state index contributed by atoms with van der Waals surface area (Å²) < 4.78 is 5.97. The average molecular weight is 764 g/mol. The second-order valence-electron chi connectivity index (χ2n) is 8.46. The van der Waals surface area contributed by atoms with Crippen molar-refractivity contribution in [3.05, 3.63) is 132 Å². The van der Waals surface area contributed by atoms with Gasteiger partial charge in [-0.2, -0.15) is 0 Å². The molecule has 0 amide bonds. The van der Waals surface area contributed by atoms with Gasteiger partial charge in [0.1, 0.15) is 11.1 Å². The topological polar surface area (TPSA) is 145 Å². The van der Waals surface area contributed by atoms with E-state index in [0.717, 1.165) is 27.1 Å². The zero-order valence-electron chi connectivity index (χ0n) is 21.3. The quantitative estimate of drug-likeness (QED) is 0.0472. The second-order valence-corrected chi connectivity index (χ2v) is 10.5. The van der Waals surface area contributed by atoms with Crippen LogP contribution in [-0.4, -0.2) is 21.7 Å². The molecule has 6 aromatic rings. The molecule has 1 radical (unpaired) electrons. The van der Waals surface area contributed by atoms with E-state index in [-0.39, 0.29) is 39.3 Å². The summed E-state index contributed by atoms with van der Waals surface area (Å²) in [7, 11) is 0. The Morgan fingerprint density at radius 1 is 0.905 bits per heavy atom. The van der Waals surface area contributed by atoms with Gasteiger partial charge in [-0.15, -0.1) is 0 Å². The Morgan fingerprint density at radius 2 is 1.60 bits per heavy atom. The van der Waals surface area contributed by atoms with E-state index in [9.17, 15) is 14.7 Å². The summed E-state index contributed by atoms with van der Waals surface area (Å²) >= 11 is 13.8. The maximum absolute atomic E-state index is 12.5. The number of halogens is 3. The number of allylic oxidation sites excluding steroid dienone is 1. The Kier molecular flexibility index (Phi) is 12.7. The average Bonchev–Trinajstić information content (AvgIpc) is 2.95. The summed E-state index contributed by atoms with van der Waals surface area (Å²) in [5, 5.41) is 16.2. The van der Waals surface area contributed by atoms with Gasteiger partial charge in [0.25, 0.3) is 0 Å². The fourth-order valence-corrected chi connectivity index (χ4v) is 5.16. The van der Waals surface area contributed by atoms with Crippen LogP contribution in [0.3, 0.4) is 0 Å². The SMILES string of the molecule is O.O=C(/C=C/c1ccc(Cl)cc1)c1cc2c(ccc3ccccc32)oc1=O.[Cu+2].[O-]c1c(I)cc(Cl)c2cccnc12.[OH-]. The van der Waals surface area contributed by atoms with Crippen LogP contribution in [0.5, 0.6) is 5.75 Å². The molecule has 0 bridgehead atoms. The maximum Gasteiger partial charge on any atom is 2.00 e. The van der Waals surface area contributed by atoms with Crippen molar-refractivity contribution in [2.24, 2.45) is 0 Å². The molecule has 0 unspecified atom stereocenters. The first-order valence-electron chi connectivity index (χ1n) is 11.6. The van der Waals surface area contributed by atoms with Crippen LogP contribution in [0.4, 0.5) is 0 Å². The van der Waals surface area contributed by atoms with Crippen molar-refractivity contribution in [2.75, 3.05) is 0 Å². The van der Waals surface area contributed by atoms with Crippen molar-refractivity contribution >= 4 is 90.3 Å². The van der Waals surface area contributed by atoms with E-state index in [4.69, 9.17) is 27.6 Å². The predicted molar refractivity (Wildman–Crippen MR) is 169 cm³/mol. The minimum atomic E-state index is -0.640. The smallest absolute Gasteiger partial charge is 0.870 e. The molecule has 0 fully saturated rings. The Morgan fingerprint density at radius 3 is 2.33 bits per heavy atom. The summed E-state index contributed by atoms with van der Waals surface area (Å²) in [5.41, 5.74) is 1.10. The third-order valence-corrected chi connectivity index (χ3v) is 7.32. The number of aromatic nitrogens is 1. The number of rotatable bonds is 3. The van der Waals surface area contributed by atoms with Crippen LogP contribution in [-0.2, 0) is 17.1 Å². The maximum atomic E-state index is 12.5. The molecule has 0 spiro atoms. The number of ketones is 1. The van der Waals surface area contributed by atoms with E-state index < -0.39 is 11.4 Å². The van der Waals surface area contributed by atoms with Gasteiger partial charge < -0.3 is 20.5 Å². The fraction of sp³-hybridized carbons (Fsp3) is 0. The molecule has 217 valence electrons. The number of benzene rings is 4. The van der Waals surface area contributed by atoms with Gasteiger partial charge in [-0.1, -0.05) is 77.5 Å².